The van der Waals surface area contributed by atoms with E-state index in [9.17, 15) is 13.2 Å². The molecule has 0 aliphatic carbocycles. The van der Waals surface area contributed by atoms with E-state index in [4.69, 9.17) is 9.84 Å². The van der Waals surface area contributed by atoms with Crippen molar-refractivity contribution >= 4 is 32.7 Å². The summed E-state index contributed by atoms with van der Waals surface area (Å²) in [6.07, 6.45) is 1.44. The predicted octanol–water partition coefficient (Wildman–Crippen LogP) is 4.84. The van der Waals surface area contributed by atoms with Crippen LogP contribution in [0.15, 0.2) is 77.7 Å². The number of sulfonamides is 1. The zero-order chi connectivity index (χ0) is 26.7. The van der Waals surface area contributed by atoms with Crippen LogP contribution in [0.1, 0.15) is 37.8 Å². The van der Waals surface area contributed by atoms with E-state index in [2.05, 4.69) is 5.32 Å². The molecule has 38 heavy (non-hydrogen) atoms. The van der Waals surface area contributed by atoms with E-state index in [1.807, 2.05) is 79.2 Å². The van der Waals surface area contributed by atoms with E-state index in [0.717, 1.165) is 40.6 Å². The number of carbonyl (C=O) groups is 1. The number of benzene rings is 3. The number of nitrogens with zero attached hydrogens (tertiary/aromatic N) is 3. The lowest BCUT2D eigenvalue weighted by molar-refractivity contribution is -0.122. The molecule has 5 rings (SSSR count). The molecule has 0 fully saturated rings. The number of hydrogen-bond donors (Lipinski definition) is 1. The van der Waals surface area contributed by atoms with E-state index in [1.54, 1.807) is 16.4 Å². The van der Waals surface area contributed by atoms with Crippen LogP contribution in [-0.4, -0.2) is 47.6 Å². The zero-order valence-electron chi connectivity index (χ0n) is 21.6. The average molecular weight is 533 g/mol. The fourth-order valence-electron chi connectivity index (χ4n) is 4.81. The Balaban J connectivity index is 1.34. The second-order valence-corrected chi connectivity index (χ2v) is 11.4. The Morgan fingerprint density at radius 1 is 1.00 bits per heavy atom. The Morgan fingerprint density at radius 3 is 2.39 bits per heavy atom. The van der Waals surface area contributed by atoms with Crippen LogP contribution in [0, 0.1) is 0 Å². The van der Waals surface area contributed by atoms with Crippen molar-refractivity contribution in [2.45, 2.75) is 50.7 Å². The van der Waals surface area contributed by atoms with Gasteiger partial charge in [-0.25, -0.2) is 8.42 Å². The minimum Gasteiger partial charge on any atom is -0.480 e. The van der Waals surface area contributed by atoms with Crippen LogP contribution >= 0.6 is 0 Å². The molecule has 1 amide bonds. The number of rotatable bonds is 10. The highest BCUT2D eigenvalue weighted by Gasteiger charge is 2.30. The molecule has 2 heterocycles. The van der Waals surface area contributed by atoms with Crippen molar-refractivity contribution in [1.82, 2.24) is 14.1 Å². The first-order valence-electron chi connectivity index (χ1n) is 13.0. The first-order chi connectivity index (χ1) is 18.4. The summed E-state index contributed by atoms with van der Waals surface area (Å²) in [5.74, 6) is 0.968. The van der Waals surface area contributed by atoms with Gasteiger partial charge in [-0.2, -0.15) is 9.40 Å². The largest absolute Gasteiger partial charge is 0.480 e. The molecule has 1 aromatic heterocycles. The summed E-state index contributed by atoms with van der Waals surface area (Å²) in [4.78, 5) is 13.3. The number of nitrogens with one attached hydrogen (secondary N) is 1. The number of fused-ring (bicyclic) bond motifs is 2. The molecule has 0 saturated carbocycles. The van der Waals surface area contributed by atoms with Gasteiger partial charge in [0.05, 0.1) is 17.0 Å². The summed E-state index contributed by atoms with van der Waals surface area (Å²) in [7, 11) is -3.54. The van der Waals surface area contributed by atoms with E-state index in [0.29, 0.717) is 36.8 Å². The minimum atomic E-state index is -3.54. The van der Waals surface area contributed by atoms with Crippen LogP contribution < -0.4 is 10.1 Å². The number of carbonyl (C=O) groups excluding carboxylic acids is 1. The molecule has 0 saturated heterocycles. The molecule has 1 unspecified atom stereocenters. The predicted molar refractivity (Wildman–Crippen MR) is 148 cm³/mol. The van der Waals surface area contributed by atoms with Gasteiger partial charge in [-0.3, -0.25) is 9.48 Å². The van der Waals surface area contributed by atoms with Gasteiger partial charge in [0.1, 0.15) is 5.75 Å². The monoisotopic (exact) mass is 532 g/mol. The van der Waals surface area contributed by atoms with E-state index in [-0.39, 0.29) is 5.91 Å². The summed E-state index contributed by atoms with van der Waals surface area (Å²) < 4.78 is 35.4. The van der Waals surface area contributed by atoms with Gasteiger partial charge in [0.15, 0.2) is 11.9 Å². The van der Waals surface area contributed by atoms with Crippen LogP contribution in [0.3, 0.4) is 0 Å². The van der Waals surface area contributed by atoms with Gasteiger partial charge in [0.2, 0.25) is 10.0 Å². The lowest BCUT2D eigenvalue weighted by Gasteiger charge is -2.21. The number of aromatic nitrogens is 2. The van der Waals surface area contributed by atoms with Crippen molar-refractivity contribution in [3.05, 3.63) is 83.9 Å². The molecule has 9 heteroatoms. The molecular weight excluding hydrogens is 500 g/mol. The molecule has 1 aliphatic heterocycles. The Morgan fingerprint density at radius 2 is 1.68 bits per heavy atom. The highest BCUT2D eigenvalue weighted by atomic mass is 32.2. The summed E-state index contributed by atoms with van der Waals surface area (Å²) in [5, 5.41) is 8.47. The number of ether oxygens (including phenoxy) is 1. The highest BCUT2D eigenvalue weighted by molar-refractivity contribution is 7.89. The standard InChI is InChI=1S/C29H32N4O4S/c1-3-17-32(18-4-2)38(35,36)23-15-13-21(14-16-23)20-33-25-11-7-6-10-24(25)28(31-33)30-29(34)27-19-22-9-5-8-12-26(22)37-27/h5-16,27H,3-4,17-20H2,1-2H3,(H,30,31,34). The van der Waals surface area contributed by atoms with Crippen molar-refractivity contribution < 1.29 is 17.9 Å². The first-order valence-corrected chi connectivity index (χ1v) is 14.4. The van der Waals surface area contributed by atoms with Gasteiger partial charge in [-0.15, -0.1) is 0 Å². The van der Waals surface area contributed by atoms with E-state index < -0.39 is 16.1 Å². The molecule has 3 aromatic carbocycles. The van der Waals surface area contributed by atoms with Crippen molar-refractivity contribution in [2.75, 3.05) is 18.4 Å². The summed E-state index contributed by atoms with van der Waals surface area (Å²) in [6, 6.07) is 22.3. The van der Waals surface area contributed by atoms with Gasteiger partial charge in [0, 0.05) is 24.9 Å². The molecular formula is C29H32N4O4S. The Labute approximate surface area is 223 Å². The van der Waals surface area contributed by atoms with Gasteiger partial charge < -0.3 is 10.1 Å². The lowest BCUT2D eigenvalue weighted by Crippen LogP contribution is -2.32. The van der Waals surface area contributed by atoms with Gasteiger partial charge >= 0.3 is 0 Å². The Hall–Kier alpha value is -3.69. The normalized spacial score (nSPS) is 15.0. The number of hydrogen-bond acceptors (Lipinski definition) is 5. The molecule has 1 aliphatic rings. The maximum Gasteiger partial charge on any atom is 0.267 e. The van der Waals surface area contributed by atoms with Crippen molar-refractivity contribution in [3.8, 4) is 5.75 Å². The highest BCUT2D eigenvalue weighted by Crippen LogP contribution is 2.30. The molecule has 8 nitrogen and oxygen atoms in total. The number of amides is 1. The SMILES string of the molecule is CCCN(CCC)S(=O)(=O)c1ccc(Cn2nc(NC(=O)C3Cc4ccccc4O3)c3ccccc32)cc1. The van der Waals surface area contributed by atoms with Crippen LogP contribution in [0.25, 0.3) is 10.9 Å². The average Bonchev–Trinajstić information content (AvgIpc) is 3.51. The second kappa shape index (κ2) is 11.0. The molecule has 0 spiro atoms. The van der Waals surface area contributed by atoms with E-state index >= 15 is 0 Å². The summed E-state index contributed by atoms with van der Waals surface area (Å²) in [5.41, 5.74) is 2.79. The zero-order valence-corrected chi connectivity index (χ0v) is 22.4. The maximum absolute atomic E-state index is 13.1. The Bertz CT molecular complexity index is 1520. The van der Waals surface area contributed by atoms with Crippen molar-refractivity contribution in [1.29, 1.82) is 0 Å². The summed E-state index contributed by atoms with van der Waals surface area (Å²) >= 11 is 0. The van der Waals surface area contributed by atoms with Crippen LogP contribution in [0.5, 0.6) is 5.75 Å². The number of anilines is 1. The van der Waals surface area contributed by atoms with Gasteiger partial charge in [0.25, 0.3) is 5.91 Å². The van der Waals surface area contributed by atoms with Crippen LogP contribution in [0.4, 0.5) is 5.82 Å². The van der Waals surface area contributed by atoms with Gasteiger partial charge in [-0.05, 0) is 54.3 Å². The third-order valence-corrected chi connectivity index (χ3v) is 8.59. The summed E-state index contributed by atoms with van der Waals surface area (Å²) in [6.45, 7) is 5.39. The molecule has 0 radical (unpaired) electrons. The van der Waals surface area contributed by atoms with Crippen molar-refractivity contribution in [3.63, 3.8) is 0 Å². The molecule has 1 atom stereocenters. The molecule has 1 N–H and O–H groups in total. The maximum atomic E-state index is 13.1. The number of para-hydroxylation sites is 2. The minimum absolute atomic E-state index is 0.241. The third-order valence-electron chi connectivity index (χ3n) is 6.68. The van der Waals surface area contributed by atoms with Crippen molar-refractivity contribution in [2.24, 2.45) is 0 Å². The molecule has 198 valence electrons. The third kappa shape index (κ3) is 5.16. The first kappa shape index (κ1) is 25.9. The van der Waals surface area contributed by atoms with Gasteiger partial charge in [-0.1, -0.05) is 56.3 Å². The smallest absolute Gasteiger partial charge is 0.267 e. The fraction of sp³-hybridized carbons (Fsp3) is 0.310. The second-order valence-electron chi connectivity index (χ2n) is 9.48. The van der Waals surface area contributed by atoms with Crippen LogP contribution in [0.2, 0.25) is 0 Å². The molecule has 4 aromatic rings. The Kier molecular flexibility index (Phi) is 7.49. The quantitative estimate of drug-likeness (QED) is 0.316. The molecule has 0 bridgehead atoms. The van der Waals surface area contributed by atoms with Crippen LogP contribution in [-0.2, 0) is 27.8 Å². The van der Waals surface area contributed by atoms with E-state index in [1.165, 1.54) is 0 Å². The lowest BCUT2D eigenvalue weighted by atomic mass is 10.1. The topological polar surface area (TPSA) is 93.5 Å². The fourth-order valence-corrected chi connectivity index (χ4v) is 6.43.